The van der Waals surface area contributed by atoms with Crippen LogP contribution in [0.15, 0.2) is 46.4 Å². The second kappa shape index (κ2) is 6.41. The maximum absolute atomic E-state index is 11.4. The molecular formula is C16H12N2O4. The first-order chi connectivity index (χ1) is 10.6. The molecule has 0 aliphatic carbocycles. The minimum Gasteiger partial charge on any atom is -0.478 e. The second-order valence-corrected chi connectivity index (χ2v) is 4.30. The van der Waals surface area contributed by atoms with Gasteiger partial charge in [0, 0.05) is 18.7 Å². The number of nitrogens with zero attached hydrogens (tertiary/aromatic N) is 1. The van der Waals surface area contributed by atoms with Gasteiger partial charge in [-0.25, -0.2) is 4.79 Å². The van der Waals surface area contributed by atoms with Crippen LogP contribution in [-0.4, -0.2) is 24.0 Å². The highest BCUT2D eigenvalue weighted by atomic mass is 16.4. The van der Waals surface area contributed by atoms with Gasteiger partial charge in [0.1, 0.15) is 23.2 Å². The van der Waals surface area contributed by atoms with Crippen molar-refractivity contribution in [2.45, 2.75) is 0 Å². The molecule has 1 amide bonds. The van der Waals surface area contributed by atoms with Crippen LogP contribution in [0.25, 0.3) is 17.4 Å². The number of nitriles is 1. The van der Waals surface area contributed by atoms with E-state index in [1.54, 1.807) is 36.4 Å². The number of carbonyl (C=O) groups excluding carboxylic acids is 1. The number of hydrogen-bond acceptors (Lipinski definition) is 4. The molecule has 0 saturated heterocycles. The van der Waals surface area contributed by atoms with E-state index in [9.17, 15) is 14.7 Å². The van der Waals surface area contributed by atoms with Gasteiger partial charge in [-0.2, -0.15) is 5.26 Å². The largest absolute Gasteiger partial charge is 0.478 e. The number of likely N-dealkylation sites (N-methyl/N-ethyl adjacent to an activating group) is 1. The van der Waals surface area contributed by atoms with Crippen molar-refractivity contribution >= 4 is 18.0 Å². The van der Waals surface area contributed by atoms with Crippen molar-refractivity contribution in [1.82, 2.24) is 5.32 Å². The highest BCUT2D eigenvalue weighted by Gasteiger charge is 2.14. The number of carboxylic acid groups (broad SMARTS) is 1. The molecule has 1 heterocycles. The van der Waals surface area contributed by atoms with E-state index in [1.807, 2.05) is 0 Å². The molecule has 0 fully saturated rings. The molecule has 0 saturated carbocycles. The molecule has 0 radical (unpaired) electrons. The smallest absolute Gasteiger partial charge is 0.336 e. The fraction of sp³-hybridized carbons (Fsp3) is 0.0625. The van der Waals surface area contributed by atoms with Crippen LogP contribution < -0.4 is 5.32 Å². The quantitative estimate of drug-likeness (QED) is 0.665. The third kappa shape index (κ3) is 3.04. The summed E-state index contributed by atoms with van der Waals surface area (Å²) in [6, 6.07) is 11.3. The molecular weight excluding hydrogens is 284 g/mol. The lowest BCUT2D eigenvalue weighted by atomic mass is 10.1. The lowest BCUT2D eigenvalue weighted by Crippen LogP contribution is -2.18. The lowest BCUT2D eigenvalue weighted by molar-refractivity contribution is -0.116. The van der Waals surface area contributed by atoms with E-state index in [-0.39, 0.29) is 16.9 Å². The predicted octanol–water partition coefficient (Wildman–Crippen LogP) is 2.30. The molecule has 0 aliphatic rings. The monoisotopic (exact) mass is 296 g/mol. The number of hydrogen-bond donors (Lipinski definition) is 2. The molecule has 6 nitrogen and oxygen atoms in total. The van der Waals surface area contributed by atoms with E-state index >= 15 is 0 Å². The van der Waals surface area contributed by atoms with Gasteiger partial charge in [0.2, 0.25) is 0 Å². The molecule has 0 aliphatic heterocycles. The standard InChI is InChI=1S/C16H12N2O4/c1-18-15(19)10(9-17)8-11-6-7-14(22-11)12-4-2-3-5-13(12)16(20)21/h2-8H,1H3,(H,18,19)(H,20,21)/b10-8+. The molecule has 0 spiro atoms. The van der Waals surface area contributed by atoms with Crippen LogP contribution in [0.2, 0.25) is 0 Å². The lowest BCUT2D eigenvalue weighted by Gasteiger charge is -2.02. The van der Waals surface area contributed by atoms with Crippen LogP contribution in [0.1, 0.15) is 16.1 Å². The van der Waals surface area contributed by atoms with Crippen LogP contribution >= 0.6 is 0 Å². The Balaban J connectivity index is 2.42. The number of furan rings is 1. The average Bonchev–Trinajstić information content (AvgIpc) is 3.00. The van der Waals surface area contributed by atoms with Crippen LogP contribution in [0.4, 0.5) is 0 Å². The van der Waals surface area contributed by atoms with Gasteiger partial charge in [0.15, 0.2) is 0 Å². The molecule has 6 heteroatoms. The zero-order valence-corrected chi connectivity index (χ0v) is 11.7. The van der Waals surface area contributed by atoms with Crippen molar-refractivity contribution in [3.05, 3.63) is 53.3 Å². The summed E-state index contributed by atoms with van der Waals surface area (Å²) in [4.78, 5) is 22.7. The van der Waals surface area contributed by atoms with E-state index < -0.39 is 11.9 Å². The molecule has 0 unspecified atom stereocenters. The third-order valence-corrected chi connectivity index (χ3v) is 2.93. The molecule has 0 atom stereocenters. The van der Waals surface area contributed by atoms with Crippen molar-refractivity contribution < 1.29 is 19.1 Å². The Kier molecular flexibility index (Phi) is 4.39. The molecule has 2 rings (SSSR count). The van der Waals surface area contributed by atoms with Gasteiger partial charge in [-0.3, -0.25) is 4.79 Å². The van der Waals surface area contributed by atoms with Gasteiger partial charge in [-0.15, -0.1) is 0 Å². The van der Waals surface area contributed by atoms with Gasteiger partial charge in [0.25, 0.3) is 5.91 Å². The number of aromatic carboxylic acids is 1. The highest BCUT2D eigenvalue weighted by Crippen LogP contribution is 2.26. The van der Waals surface area contributed by atoms with Gasteiger partial charge in [-0.1, -0.05) is 18.2 Å². The minimum absolute atomic E-state index is 0.102. The third-order valence-electron chi connectivity index (χ3n) is 2.93. The van der Waals surface area contributed by atoms with Crippen LogP contribution in [-0.2, 0) is 4.79 Å². The van der Waals surface area contributed by atoms with Crippen molar-refractivity contribution in [2.24, 2.45) is 0 Å². The number of benzene rings is 1. The summed E-state index contributed by atoms with van der Waals surface area (Å²) in [6.07, 6.45) is 1.30. The normalized spacial score (nSPS) is 10.8. The Hall–Kier alpha value is -3.33. The number of carbonyl (C=O) groups is 2. The molecule has 1 aromatic carbocycles. The minimum atomic E-state index is -1.06. The second-order valence-electron chi connectivity index (χ2n) is 4.30. The fourth-order valence-electron chi connectivity index (χ4n) is 1.89. The Morgan fingerprint density at radius 1 is 1.27 bits per heavy atom. The maximum atomic E-state index is 11.4. The fourth-order valence-corrected chi connectivity index (χ4v) is 1.89. The summed E-state index contributed by atoms with van der Waals surface area (Å²) in [5.41, 5.74) is 0.433. The molecule has 22 heavy (non-hydrogen) atoms. The van der Waals surface area contributed by atoms with Crippen LogP contribution in [0.5, 0.6) is 0 Å². The zero-order valence-electron chi connectivity index (χ0n) is 11.7. The highest BCUT2D eigenvalue weighted by molar-refractivity contribution is 6.01. The summed E-state index contributed by atoms with van der Waals surface area (Å²) in [7, 11) is 1.42. The first-order valence-corrected chi connectivity index (χ1v) is 6.33. The maximum Gasteiger partial charge on any atom is 0.336 e. The van der Waals surface area contributed by atoms with Gasteiger partial charge in [0.05, 0.1) is 5.56 Å². The Morgan fingerprint density at radius 3 is 2.64 bits per heavy atom. The first-order valence-electron chi connectivity index (χ1n) is 6.33. The Labute approximate surface area is 126 Å². The van der Waals surface area contributed by atoms with Gasteiger partial charge >= 0.3 is 5.97 Å². The number of rotatable bonds is 4. The molecule has 0 bridgehead atoms. The summed E-state index contributed by atoms with van der Waals surface area (Å²) in [5, 5.41) is 20.5. The van der Waals surface area contributed by atoms with E-state index in [0.29, 0.717) is 11.3 Å². The Bertz CT molecular complexity index is 796. The number of amides is 1. The van der Waals surface area contributed by atoms with Gasteiger partial charge in [-0.05, 0) is 18.2 Å². The van der Waals surface area contributed by atoms with E-state index in [4.69, 9.17) is 9.68 Å². The number of carboxylic acids is 1. The summed E-state index contributed by atoms with van der Waals surface area (Å²) in [6.45, 7) is 0. The number of nitrogens with one attached hydrogen (secondary N) is 1. The van der Waals surface area contributed by atoms with E-state index in [2.05, 4.69) is 5.32 Å². The van der Waals surface area contributed by atoms with Crippen LogP contribution in [0, 0.1) is 11.3 Å². The van der Waals surface area contributed by atoms with Gasteiger partial charge < -0.3 is 14.8 Å². The van der Waals surface area contributed by atoms with Crippen molar-refractivity contribution in [2.75, 3.05) is 7.05 Å². The van der Waals surface area contributed by atoms with Crippen molar-refractivity contribution in [3.8, 4) is 17.4 Å². The predicted molar refractivity (Wildman–Crippen MR) is 78.8 cm³/mol. The summed E-state index contributed by atoms with van der Waals surface area (Å²) >= 11 is 0. The molecule has 110 valence electrons. The average molecular weight is 296 g/mol. The first kappa shape index (κ1) is 15.1. The summed E-state index contributed by atoms with van der Waals surface area (Å²) in [5.74, 6) is -0.952. The SMILES string of the molecule is CNC(=O)/C(C#N)=C/c1ccc(-c2ccccc2C(=O)O)o1. The van der Waals surface area contributed by atoms with Crippen LogP contribution in [0.3, 0.4) is 0 Å². The molecule has 1 aromatic heterocycles. The topological polar surface area (TPSA) is 103 Å². The molecule has 2 aromatic rings. The van der Waals surface area contributed by atoms with Crippen molar-refractivity contribution in [3.63, 3.8) is 0 Å². The zero-order chi connectivity index (χ0) is 16.1. The van der Waals surface area contributed by atoms with E-state index in [1.165, 1.54) is 19.2 Å². The Morgan fingerprint density at radius 2 is 2.00 bits per heavy atom. The summed E-state index contributed by atoms with van der Waals surface area (Å²) < 4.78 is 5.52. The van der Waals surface area contributed by atoms with E-state index in [0.717, 1.165) is 0 Å². The van der Waals surface area contributed by atoms with Crippen molar-refractivity contribution in [1.29, 1.82) is 5.26 Å². The molecule has 2 N–H and O–H groups in total.